The number of nitrogens with one attached hydrogen (secondary N) is 2. The summed E-state index contributed by atoms with van der Waals surface area (Å²) < 4.78 is 23.9. The zero-order valence-electron chi connectivity index (χ0n) is 12.8. The average Bonchev–Trinajstić information content (AvgIpc) is 2.96. The van der Waals surface area contributed by atoms with Gasteiger partial charge in [0, 0.05) is 6.42 Å². The summed E-state index contributed by atoms with van der Waals surface area (Å²) in [6.45, 7) is 0.696. The molecular formula is C13H23N3O6S. The van der Waals surface area contributed by atoms with Crippen molar-refractivity contribution >= 4 is 27.6 Å². The van der Waals surface area contributed by atoms with Gasteiger partial charge in [0.05, 0.1) is 17.5 Å². The molecule has 0 radical (unpaired) electrons. The lowest BCUT2D eigenvalue weighted by atomic mass is 10.2. The number of carboxylic acid groups (broad SMARTS) is 1. The van der Waals surface area contributed by atoms with Gasteiger partial charge in [-0.25, -0.2) is 8.42 Å². The van der Waals surface area contributed by atoms with Gasteiger partial charge in [0.1, 0.15) is 6.04 Å². The Kier molecular flexibility index (Phi) is 7.43. The number of unbranched alkanes of at least 4 members (excludes halogenated alkanes) is 1. The fourth-order valence-electron chi connectivity index (χ4n) is 2.31. The minimum Gasteiger partial charge on any atom is -0.481 e. The first-order valence-corrected chi connectivity index (χ1v) is 9.29. The number of amides is 2. The molecule has 0 aromatic heterocycles. The fraction of sp³-hybridized carbons (Fsp3) is 0.769. The highest BCUT2D eigenvalue weighted by atomic mass is 32.2. The van der Waals surface area contributed by atoms with Crippen molar-refractivity contribution in [2.24, 2.45) is 5.73 Å². The first-order valence-electron chi connectivity index (χ1n) is 7.46. The van der Waals surface area contributed by atoms with Crippen LogP contribution in [0.4, 0.5) is 0 Å². The third kappa shape index (κ3) is 7.42. The highest BCUT2D eigenvalue weighted by molar-refractivity contribution is 7.91. The van der Waals surface area contributed by atoms with E-state index < -0.39 is 45.5 Å². The van der Waals surface area contributed by atoms with Gasteiger partial charge in [-0.15, -0.1) is 0 Å². The molecule has 0 bridgehead atoms. The second kappa shape index (κ2) is 8.82. The van der Waals surface area contributed by atoms with Gasteiger partial charge in [-0.05, 0) is 32.2 Å². The van der Waals surface area contributed by atoms with Crippen LogP contribution in [0.5, 0.6) is 0 Å². The summed E-state index contributed by atoms with van der Waals surface area (Å²) in [5.41, 5.74) is 5.17. The molecule has 0 spiro atoms. The number of nitrogens with two attached hydrogens (primary N) is 1. The summed E-state index contributed by atoms with van der Waals surface area (Å²) in [5, 5.41) is 13.8. The Morgan fingerprint density at radius 3 is 2.52 bits per heavy atom. The molecule has 132 valence electrons. The van der Waals surface area contributed by atoms with Gasteiger partial charge in [0.2, 0.25) is 11.8 Å². The number of primary amides is 1. The van der Waals surface area contributed by atoms with Crippen LogP contribution >= 0.6 is 0 Å². The molecule has 0 aromatic rings. The van der Waals surface area contributed by atoms with Crippen molar-refractivity contribution in [2.75, 3.05) is 18.1 Å². The zero-order valence-corrected chi connectivity index (χ0v) is 13.6. The molecule has 10 heteroatoms. The van der Waals surface area contributed by atoms with E-state index in [4.69, 9.17) is 10.8 Å². The van der Waals surface area contributed by atoms with E-state index in [1.165, 1.54) is 0 Å². The van der Waals surface area contributed by atoms with Gasteiger partial charge in [-0.1, -0.05) is 0 Å². The molecule has 1 aliphatic rings. The van der Waals surface area contributed by atoms with Crippen molar-refractivity contribution in [3.8, 4) is 0 Å². The molecular weight excluding hydrogens is 326 g/mol. The van der Waals surface area contributed by atoms with Gasteiger partial charge >= 0.3 is 5.97 Å². The number of sulfone groups is 1. The number of carboxylic acids is 1. The molecule has 0 saturated carbocycles. The molecule has 9 nitrogen and oxygen atoms in total. The Balaban J connectivity index is 2.51. The van der Waals surface area contributed by atoms with E-state index in [1.54, 1.807) is 0 Å². The average molecular weight is 349 g/mol. The summed E-state index contributed by atoms with van der Waals surface area (Å²) in [7, 11) is -3.62. The van der Waals surface area contributed by atoms with E-state index in [2.05, 4.69) is 10.6 Å². The van der Waals surface area contributed by atoms with Crippen LogP contribution in [-0.2, 0) is 24.2 Å². The predicted molar refractivity (Wildman–Crippen MR) is 82.3 cm³/mol. The molecule has 0 aromatic carbocycles. The van der Waals surface area contributed by atoms with Gasteiger partial charge in [-0.2, -0.15) is 0 Å². The Morgan fingerprint density at radius 1 is 1.30 bits per heavy atom. The topological polar surface area (TPSA) is 156 Å². The van der Waals surface area contributed by atoms with Gasteiger partial charge < -0.3 is 21.5 Å². The third-order valence-electron chi connectivity index (χ3n) is 3.55. The number of carbonyl (C=O) groups excluding carboxylic acids is 2. The van der Waals surface area contributed by atoms with E-state index in [0.29, 0.717) is 13.0 Å². The van der Waals surface area contributed by atoms with Crippen molar-refractivity contribution in [1.29, 1.82) is 0 Å². The molecule has 0 aliphatic carbocycles. The summed E-state index contributed by atoms with van der Waals surface area (Å²) in [5.74, 6) is -3.17. The molecule has 2 atom stereocenters. The van der Waals surface area contributed by atoms with E-state index in [0.717, 1.165) is 6.42 Å². The molecule has 1 aliphatic heterocycles. The van der Waals surface area contributed by atoms with Crippen LogP contribution in [0.2, 0.25) is 0 Å². The molecule has 23 heavy (non-hydrogen) atoms. The minimum atomic E-state index is -3.62. The second-order valence-corrected chi connectivity index (χ2v) is 7.81. The number of carbonyl (C=O) groups is 3. The molecule has 0 unspecified atom stereocenters. The Labute approximate surface area is 134 Å². The molecule has 5 N–H and O–H groups in total. The number of hydrogen-bond donors (Lipinski definition) is 4. The normalized spacial score (nSPS) is 19.2. The van der Waals surface area contributed by atoms with Crippen LogP contribution in [0, 0.1) is 0 Å². The molecule has 1 saturated heterocycles. The Bertz CT molecular complexity index is 542. The molecule has 1 rings (SSSR count). The van der Waals surface area contributed by atoms with Crippen molar-refractivity contribution in [2.45, 2.75) is 44.2 Å². The van der Waals surface area contributed by atoms with Gasteiger partial charge in [0.15, 0.2) is 9.84 Å². The van der Waals surface area contributed by atoms with Crippen molar-refractivity contribution in [1.82, 2.24) is 10.6 Å². The van der Waals surface area contributed by atoms with Crippen molar-refractivity contribution in [3.05, 3.63) is 0 Å². The SMILES string of the molecule is NC(=O)[C@@H](CS(=O)(=O)CCCCC(=O)O)NC(=O)[C@H]1CCCN1. The predicted octanol–water partition coefficient (Wildman–Crippen LogP) is -1.62. The maximum atomic E-state index is 12.0. The fourth-order valence-corrected chi connectivity index (χ4v) is 3.88. The van der Waals surface area contributed by atoms with Crippen LogP contribution in [0.15, 0.2) is 0 Å². The summed E-state index contributed by atoms with van der Waals surface area (Å²) in [6, 6.07) is -1.72. The van der Waals surface area contributed by atoms with E-state index >= 15 is 0 Å². The smallest absolute Gasteiger partial charge is 0.303 e. The first kappa shape index (κ1) is 19.4. The third-order valence-corrected chi connectivity index (χ3v) is 5.31. The zero-order chi connectivity index (χ0) is 17.5. The molecule has 1 heterocycles. The highest BCUT2D eigenvalue weighted by Crippen LogP contribution is 2.07. The highest BCUT2D eigenvalue weighted by Gasteiger charge is 2.29. The maximum Gasteiger partial charge on any atom is 0.303 e. The largest absolute Gasteiger partial charge is 0.481 e. The quantitative estimate of drug-likeness (QED) is 0.345. The molecule has 2 amide bonds. The van der Waals surface area contributed by atoms with Gasteiger partial charge in [-0.3, -0.25) is 14.4 Å². The molecule has 1 fully saturated rings. The van der Waals surface area contributed by atoms with E-state index in [9.17, 15) is 22.8 Å². The van der Waals surface area contributed by atoms with Crippen molar-refractivity contribution in [3.63, 3.8) is 0 Å². The van der Waals surface area contributed by atoms with Gasteiger partial charge in [0.25, 0.3) is 0 Å². The van der Waals surface area contributed by atoms with Crippen LogP contribution in [0.3, 0.4) is 0 Å². The standard InChI is InChI=1S/C13H23N3O6S/c14-12(19)10(16-13(20)9-4-3-6-15-9)8-23(21,22)7-2-1-5-11(17)18/h9-10,15H,1-8H2,(H2,14,19)(H,16,20)(H,17,18)/t9-,10-/m1/s1. The lowest BCUT2D eigenvalue weighted by molar-refractivity contribution is -0.137. The minimum absolute atomic E-state index is 0.112. The summed E-state index contributed by atoms with van der Waals surface area (Å²) in [6.07, 6.45) is 1.76. The summed E-state index contributed by atoms with van der Waals surface area (Å²) >= 11 is 0. The van der Waals surface area contributed by atoms with Crippen LogP contribution in [-0.4, -0.2) is 61.4 Å². The Morgan fingerprint density at radius 2 is 2.00 bits per heavy atom. The van der Waals surface area contributed by atoms with E-state index in [-0.39, 0.29) is 25.0 Å². The monoisotopic (exact) mass is 349 g/mol. The number of rotatable bonds is 10. The number of hydrogen-bond acceptors (Lipinski definition) is 6. The van der Waals surface area contributed by atoms with Crippen molar-refractivity contribution < 1.29 is 27.9 Å². The lowest BCUT2D eigenvalue weighted by Gasteiger charge is -2.18. The second-order valence-electron chi connectivity index (χ2n) is 5.58. The van der Waals surface area contributed by atoms with Crippen LogP contribution < -0.4 is 16.4 Å². The maximum absolute atomic E-state index is 12.0. The van der Waals surface area contributed by atoms with Crippen LogP contribution in [0.1, 0.15) is 32.1 Å². The van der Waals surface area contributed by atoms with E-state index in [1.807, 2.05) is 0 Å². The Hall–Kier alpha value is -1.68. The summed E-state index contributed by atoms with van der Waals surface area (Å²) in [4.78, 5) is 33.7. The van der Waals surface area contributed by atoms with Crippen LogP contribution in [0.25, 0.3) is 0 Å². The lowest BCUT2D eigenvalue weighted by Crippen LogP contribution is -2.53. The number of aliphatic carboxylic acids is 1. The first-order chi connectivity index (χ1) is 10.7.